The van der Waals surface area contributed by atoms with Crippen LogP contribution in [0.1, 0.15) is 19.3 Å². The van der Waals surface area contributed by atoms with E-state index in [0.29, 0.717) is 13.2 Å². The van der Waals surface area contributed by atoms with E-state index in [9.17, 15) is 12.9 Å². The first-order valence-corrected chi connectivity index (χ1v) is 4.98. The fourth-order valence-corrected chi connectivity index (χ4v) is 1.73. The van der Waals surface area contributed by atoms with Gasteiger partial charge in [0.1, 0.15) is 0 Å². The van der Waals surface area contributed by atoms with Crippen LogP contribution in [0.3, 0.4) is 0 Å². The smallest absolute Gasteiger partial charge is 0.448 e. The maximum absolute atomic E-state index is 12.0. The molecule has 1 unspecified atom stereocenters. The van der Waals surface area contributed by atoms with Crippen LogP contribution in [-0.2, 0) is 4.74 Å². The second-order valence-corrected chi connectivity index (χ2v) is 3.92. The van der Waals surface area contributed by atoms with Gasteiger partial charge in [-0.15, -0.1) is 0 Å². The minimum atomic E-state index is -4.70. The zero-order valence-corrected chi connectivity index (χ0v) is 12.5. The molecule has 0 amide bonds. The Morgan fingerprint density at radius 2 is 2.00 bits per heavy atom. The average molecular weight is 249 g/mol. The molecule has 0 saturated carbocycles. The fourth-order valence-electron chi connectivity index (χ4n) is 1.73. The van der Waals surface area contributed by atoms with Crippen molar-refractivity contribution in [2.45, 2.75) is 25.4 Å². The van der Waals surface area contributed by atoms with Gasteiger partial charge in [0.15, 0.2) is 0 Å². The summed E-state index contributed by atoms with van der Waals surface area (Å²) in [4.78, 5) is 1.30. The van der Waals surface area contributed by atoms with Gasteiger partial charge in [-0.25, -0.2) is 0 Å². The molecule has 1 atom stereocenters. The van der Waals surface area contributed by atoms with Gasteiger partial charge in [-0.2, -0.15) is 0 Å². The molecule has 7 heteroatoms. The molecule has 0 aromatic carbocycles. The molecule has 1 saturated heterocycles. The van der Waals surface area contributed by atoms with Gasteiger partial charge >= 0.3 is 58.4 Å². The molecular formula is C8H16BF3KNO. The van der Waals surface area contributed by atoms with Crippen LogP contribution < -0.4 is 51.4 Å². The summed E-state index contributed by atoms with van der Waals surface area (Å²) >= 11 is 0. The van der Waals surface area contributed by atoms with E-state index in [4.69, 9.17) is 4.74 Å². The fraction of sp³-hybridized carbons (Fsp3) is 1.00. The maximum atomic E-state index is 12.0. The molecule has 15 heavy (non-hydrogen) atoms. The Kier molecular flexibility index (Phi) is 8.41. The molecule has 2 nitrogen and oxygen atoms in total. The van der Waals surface area contributed by atoms with E-state index in [1.165, 1.54) is 11.9 Å². The number of halogens is 3. The standard InChI is InChI=1S/C8H16BF3NO.K/c1-13(7-9(10,11)12)6-8-4-2-3-5-14-8;/h8H,2-7H2,1H3;/q-1;+1. The largest absolute Gasteiger partial charge is 1.00 e. The first kappa shape index (κ1) is 16.4. The molecule has 1 aliphatic rings. The van der Waals surface area contributed by atoms with E-state index < -0.39 is 13.4 Å². The zero-order chi connectivity index (χ0) is 10.6. The van der Waals surface area contributed by atoms with E-state index in [-0.39, 0.29) is 57.5 Å². The van der Waals surface area contributed by atoms with Crippen LogP contribution in [0.5, 0.6) is 0 Å². The van der Waals surface area contributed by atoms with Gasteiger partial charge in [0.05, 0.1) is 6.10 Å². The zero-order valence-electron chi connectivity index (χ0n) is 9.39. The van der Waals surface area contributed by atoms with Crippen LogP contribution in [0.15, 0.2) is 0 Å². The van der Waals surface area contributed by atoms with Crippen LogP contribution in [0.2, 0.25) is 0 Å². The molecule has 0 bridgehead atoms. The minimum absolute atomic E-state index is 0. The van der Waals surface area contributed by atoms with Gasteiger partial charge in [-0.1, -0.05) is 0 Å². The number of ether oxygens (including phenoxy) is 1. The summed E-state index contributed by atoms with van der Waals surface area (Å²) in [6.45, 7) is -3.62. The quantitative estimate of drug-likeness (QED) is 0.585. The van der Waals surface area contributed by atoms with E-state index in [1.807, 2.05) is 0 Å². The topological polar surface area (TPSA) is 12.5 Å². The number of rotatable bonds is 4. The Morgan fingerprint density at radius 3 is 2.47 bits per heavy atom. The van der Waals surface area contributed by atoms with E-state index in [1.54, 1.807) is 0 Å². The van der Waals surface area contributed by atoms with E-state index in [0.717, 1.165) is 19.3 Å². The summed E-state index contributed by atoms with van der Waals surface area (Å²) in [6.07, 6.45) is 2.18. The van der Waals surface area contributed by atoms with Crippen molar-refractivity contribution in [3.8, 4) is 0 Å². The van der Waals surface area contributed by atoms with Gasteiger partial charge in [-0.3, -0.25) is 0 Å². The summed E-state index contributed by atoms with van der Waals surface area (Å²) in [5.74, 6) is 0. The summed E-state index contributed by atoms with van der Waals surface area (Å²) in [5, 5.41) is 0. The third kappa shape index (κ3) is 8.18. The van der Waals surface area contributed by atoms with E-state index >= 15 is 0 Å². The monoisotopic (exact) mass is 249 g/mol. The van der Waals surface area contributed by atoms with Crippen molar-refractivity contribution in [1.82, 2.24) is 4.90 Å². The molecular weight excluding hydrogens is 233 g/mol. The summed E-state index contributed by atoms with van der Waals surface area (Å²) in [7, 11) is 1.49. The predicted octanol–water partition coefficient (Wildman–Crippen LogP) is -1.12. The molecule has 0 spiro atoms. The van der Waals surface area contributed by atoms with E-state index in [2.05, 4.69) is 0 Å². The van der Waals surface area contributed by atoms with Crippen LogP contribution >= 0.6 is 0 Å². The first-order valence-electron chi connectivity index (χ1n) is 4.98. The number of likely N-dealkylation sites (N-methyl/N-ethyl adjacent to an activating group) is 1. The van der Waals surface area contributed by atoms with Gasteiger partial charge < -0.3 is 22.6 Å². The molecule has 0 N–H and O–H groups in total. The van der Waals surface area contributed by atoms with Crippen molar-refractivity contribution in [2.24, 2.45) is 0 Å². The molecule has 0 aromatic rings. The predicted molar refractivity (Wildman–Crippen MR) is 50.2 cm³/mol. The molecule has 84 valence electrons. The number of hydrogen-bond donors (Lipinski definition) is 0. The SMILES string of the molecule is CN(CC1CCCCO1)C[B-](F)(F)F.[K+]. The third-order valence-electron chi connectivity index (χ3n) is 2.31. The van der Waals surface area contributed by atoms with Crippen molar-refractivity contribution in [2.75, 3.05) is 26.6 Å². The van der Waals surface area contributed by atoms with Crippen molar-refractivity contribution in [3.63, 3.8) is 0 Å². The van der Waals surface area contributed by atoms with Crippen molar-refractivity contribution in [3.05, 3.63) is 0 Å². The molecule has 0 aliphatic carbocycles. The summed E-state index contributed by atoms with van der Waals surface area (Å²) < 4.78 is 41.5. The Labute approximate surface area is 131 Å². The van der Waals surface area contributed by atoms with Crippen molar-refractivity contribution >= 4 is 6.98 Å². The molecule has 1 aliphatic heterocycles. The molecule has 1 fully saturated rings. The molecule has 1 heterocycles. The average Bonchev–Trinajstić information content (AvgIpc) is 2.02. The van der Waals surface area contributed by atoms with Crippen molar-refractivity contribution < 1.29 is 69.1 Å². The normalized spacial score (nSPS) is 22.6. The molecule has 0 radical (unpaired) electrons. The van der Waals surface area contributed by atoms with Gasteiger partial charge in [0.2, 0.25) is 0 Å². The second-order valence-electron chi connectivity index (χ2n) is 3.92. The molecule has 1 rings (SSSR count). The van der Waals surface area contributed by atoms with Gasteiger partial charge in [0, 0.05) is 13.2 Å². The molecule has 0 aromatic heterocycles. The Morgan fingerprint density at radius 1 is 1.33 bits per heavy atom. The van der Waals surface area contributed by atoms with Gasteiger partial charge in [0.25, 0.3) is 0 Å². The second kappa shape index (κ2) is 7.68. The Hall–Kier alpha value is 1.41. The Balaban J connectivity index is 0.00000196. The van der Waals surface area contributed by atoms with Gasteiger partial charge in [-0.05, 0) is 32.8 Å². The summed E-state index contributed by atoms with van der Waals surface area (Å²) in [5.41, 5.74) is 0. The first-order chi connectivity index (χ1) is 6.47. The maximum Gasteiger partial charge on any atom is 1.00 e. The third-order valence-corrected chi connectivity index (χ3v) is 2.31. The number of nitrogens with zero attached hydrogens (tertiary/aromatic N) is 1. The van der Waals surface area contributed by atoms with Crippen molar-refractivity contribution in [1.29, 1.82) is 0 Å². The minimum Gasteiger partial charge on any atom is -0.448 e. The van der Waals surface area contributed by atoms with Crippen LogP contribution in [-0.4, -0.2) is 44.6 Å². The van der Waals surface area contributed by atoms with Crippen LogP contribution in [0, 0.1) is 0 Å². The van der Waals surface area contributed by atoms with Crippen LogP contribution in [0.25, 0.3) is 0 Å². The number of hydrogen-bond acceptors (Lipinski definition) is 2. The Bertz CT molecular complexity index is 176. The van der Waals surface area contributed by atoms with Crippen LogP contribution in [0.4, 0.5) is 12.9 Å². The summed E-state index contributed by atoms with van der Waals surface area (Å²) in [6, 6.07) is 0.